The molecule has 0 saturated heterocycles. The van der Waals surface area contributed by atoms with Gasteiger partial charge in [-0.25, -0.2) is 4.98 Å². The van der Waals surface area contributed by atoms with E-state index in [4.69, 9.17) is 21.0 Å². The van der Waals surface area contributed by atoms with Crippen LogP contribution in [-0.2, 0) is 6.54 Å². The Hall–Kier alpha value is -2.35. The van der Waals surface area contributed by atoms with Gasteiger partial charge in [-0.15, -0.1) is 0 Å². The van der Waals surface area contributed by atoms with E-state index in [1.807, 2.05) is 42.5 Å². The number of furan rings is 1. The minimum absolute atomic E-state index is 0.672. The monoisotopic (exact) mass is 473 g/mol. The molecule has 150 valence electrons. The molecule has 1 aromatic carbocycles. The molecule has 4 rings (SSSR count). The highest BCUT2D eigenvalue weighted by atomic mass is 79.9. The zero-order chi connectivity index (χ0) is 20.2. The van der Waals surface area contributed by atoms with Crippen LogP contribution in [0.15, 0.2) is 63.8 Å². The minimum Gasteiger partial charge on any atom is -0.468 e. The molecule has 29 heavy (non-hydrogen) atoms. The maximum absolute atomic E-state index is 6.39. The lowest BCUT2D eigenvalue weighted by Crippen LogP contribution is -2.21. The van der Waals surface area contributed by atoms with Crippen LogP contribution < -0.4 is 5.32 Å². The fourth-order valence-corrected chi connectivity index (χ4v) is 3.76. The second-order valence-corrected chi connectivity index (χ2v) is 8.09. The predicted molar refractivity (Wildman–Crippen MR) is 119 cm³/mol. The molecule has 0 spiro atoms. The molecule has 1 N–H and O–H groups in total. The van der Waals surface area contributed by atoms with Crippen molar-refractivity contribution in [1.29, 1.82) is 0 Å². The van der Waals surface area contributed by atoms with Crippen LogP contribution in [0.25, 0.3) is 16.9 Å². The van der Waals surface area contributed by atoms with Crippen LogP contribution >= 0.6 is 27.5 Å². The van der Waals surface area contributed by atoms with Crippen molar-refractivity contribution in [3.05, 3.63) is 70.2 Å². The number of nitrogens with one attached hydrogen (secondary N) is 1. The summed E-state index contributed by atoms with van der Waals surface area (Å²) < 4.78 is 8.05. The predicted octanol–water partition coefficient (Wildman–Crippen LogP) is 5.34. The first-order valence-electron chi connectivity index (χ1n) is 9.36. The number of rotatable bonds is 8. The van der Waals surface area contributed by atoms with Gasteiger partial charge in [-0.1, -0.05) is 29.8 Å². The number of hydrogen-bond donors (Lipinski definition) is 1. The molecule has 8 heteroatoms. The summed E-state index contributed by atoms with van der Waals surface area (Å²) in [5.74, 6) is 1.85. The summed E-state index contributed by atoms with van der Waals surface area (Å²) in [6.45, 7) is 2.55. The van der Waals surface area contributed by atoms with Crippen molar-refractivity contribution in [3.63, 3.8) is 0 Å². The van der Waals surface area contributed by atoms with E-state index in [0.717, 1.165) is 59.0 Å². The number of aromatic nitrogens is 3. The van der Waals surface area contributed by atoms with Gasteiger partial charge >= 0.3 is 0 Å². The van der Waals surface area contributed by atoms with E-state index in [1.165, 1.54) is 0 Å². The van der Waals surface area contributed by atoms with Gasteiger partial charge in [-0.3, -0.25) is 4.90 Å². The molecule has 0 fully saturated rings. The molecule has 0 radical (unpaired) electrons. The van der Waals surface area contributed by atoms with Crippen molar-refractivity contribution in [1.82, 2.24) is 19.5 Å². The Morgan fingerprint density at radius 3 is 2.90 bits per heavy atom. The number of hydrogen-bond acceptors (Lipinski definition) is 5. The molecule has 0 aliphatic carbocycles. The van der Waals surface area contributed by atoms with Gasteiger partial charge in [0.15, 0.2) is 5.65 Å². The van der Waals surface area contributed by atoms with Crippen LogP contribution in [0.1, 0.15) is 12.2 Å². The average Bonchev–Trinajstić information content (AvgIpc) is 3.35. The van der Waals surface area contributed by atoms with Gasteiger partial charge in [-0.05, 0) is 54.1 Å². The van der Waals surface area contributed by atoms with E-state index in [-0.39, 0.29) is 0 Å². The van der Waals surface area contributed by atoms with Gasteiger partial charge in [0.05, 0.1) is 29.2 Å². The molecule has 0 aliphatic rings. The Kier molecular flexibility index (Phi) is 6.18. The Balaban J connectivity index is 1.47. The molecule has 6 nitrogen and oxygen atoms in total. The smallest absolute Gasteiger partial charge is 0.172 e. The van der Waals surface area contributed by atoms with Gasteiger partial charge in [0.1, 0.15) is 11.6 Å². The normalized spacial score (nSPS) is 11.4. The summed E-state index contributed by atoms with van der Waals surface area (Å²) in [6.07, 6.45) is 4.43. The molecule has 0 amide bonds. The molecule has 3 aromatic heterocycles. The van der Waals surface area contributed by atoms with Crippen LogP contribution in [0.3, 0.4) is 0 Å². The third-order valence-corrected chi connectivity index (χ3v) is 5.50. The molecule has 0 unspecified atom stereocenters. The van der Waals surface area contributed by atoms with Crippen LogP contribution in [0, 0.1) is 0 Å². The standard InChI is InChI=1S/C21H21BrClN5O/c1-27(14-15-6-4-11-29-15)10-5-9-24-20-12-19(16-7-2-3-8-18(16)23)26-21-17(22)13-25-28(20)21/h2-4,6-8,11-13,24H,5,9-10,14H2,1H3. The zero-order valence-electron chi connectivity index (χ0n) is 16.0. The summed E-state index contributed by atoms with van der Waals surface area (Å²) in [6, 6.07) is 13.6. The minimum atomic E-state index is 0.672. The van der Waals surface area contributed by atoms with E-state index >= 15 is 0 Å². The first kappa shape index (κ1) is 19.9. The highest BCUT2D eigenvalue weighted by Gasteiger charge is 2.13. The average molecular weight is 475 g/mol. The Labute approximate surface area is 182 Å². The molecular formula is C21H21BrClN5O. The quantitative estimate of drug-likeness (QED) is 0.349. The second kappa shape index (κ2) is 8.98. The highest BCUT2D eigenvalue weighted by molar-refractivity contribution is 9.10. The Morgan fingerprint density at radius 1 is 1.24 bits per heavy atom. The van der Waals surface area contributed by atoms with Gasteiger partial charge in [0.25, 0.3) is 0 Å². The number of benzene rings is 1. The summed E-state index contributed by atoms with van der Waals surface area (Å²) in [5, 5.41) is 8.59. The molecule has 0 atom stereocenters. The van der Waals surface area contributed by atoms with E-state index < -0.39 is 0 Å². The maximum Gasteiger partial charge on any atom is 0.172 e. The largest absolute Gasteiger partial charge is 0.468 e. The summed E-state index contributed by atoms with van der Waals surface area (Å²) in [5.41, 5.74) is 2.45. The van der Waals surface area contributed by atoms with Crippen molar-refractivity contribution >= 4 is 39.0 Å². The van der Waals surface area contributed by atoms with E-state index in [9.17, 15) is 0 Å². The molecule has 4 aromatic rings. The number of halogens is 2. The van der Waals surface area contributed by atoms with Crippen LogP contribution in [0.2, 0.25) is 5.02 Å². The van der Waals surface area contributed by atoms with Crippen molar-refractivity contribution < 1.29 is 4.42 Å². The lowest BCUT2D eigenvalue weighted by atomic mass is 10.1. The molecule has 3 heterocycles. The van der Waals surface area contributed by atoms with Crippen LogP contribution in [-0.4, -0.2) is 39.6 Å². The Bertz CT molecular complexity index is 1100. The first-order chi connectivity index (χ1) is 14.1. The van der Waals surface area contributed by atoms with Gasteiger partial charge in [-0.2, -0.15) is 9.61 Å². The lowest BCUT2D eigenvalue weighted by molar-refractivity contribution is 0.294. The van der Waals surface area contributed by atoms with E-state index in [1.54, 1.807) is 17.0 Å². The zero-order valence-corrected chi connectivity index (χ0v) is 18.3. The van der Waals surface area contributed by atoms with Gasteiger partial charge in [0.2, 0.25) is 0 Å². The highest BCUT2D eigenvalue weighted by Crippen LogP contribution is 2.30. The number of fused-ring (bicyclic) bond motifs is 1. The maximum atomic E-state index is 6.39. The Morgan fingerprint density at radius 2 is 2.10 bits per heavy atom. The first-order valence-corrected chi connectivity index (χ1v) is 10.5. The third-order valence-electron chi connectivity index (χ3n) is 4.61. The van der Waals surface area contributed by atoms with Gasteiger partial charge in [0, 0.05) is 23.2 Å². The van der Waals surface area contributed by atoms with Crippen LogP contribution in [0.5, 0.6) is 0 Å². The van der Waals surface area contributed by atoms with Crippen LogP contribution in [0.4, 0.5) is 5.82 Å². The fraction of sp³-hybridized carbons (Fsp3) is 0.238. The summed E-state index contributed by atoms with van der Waals surface area (Å²) in [4.78, 5) is 6.97. The third kappa shape index (κ3) is 4.63. The number of anilines is 1. The van der Waals surface area contributed by atoms with Gasteiger partial charge < -0.3 is 9.73 Å². The van der Waals surface area contributed by atoms with E-state index in [0.29, 0.717) is 5.02 Å². The summed E-state index contributed by atoms with van der Waals surface area (Å²) in [7, 11) is 2.09. The summed E-state index contributed by atoms with van der Waals surface area (Å²) >= 11 is 9.92. The lowest BCUT2D eigenvalue weighted by Gasteiger charge is -2.16. The van der Waals surface area contributed by atoms with Crippen molar-refractivity contribution in [3.8, 4) is 11.3 Å². The molecule has 0 aliphatic heterocycles. The molecule has 0 saturated carbocycles. The van der Waals surface area contributed by atoms with E-state index in [2.05, 4.69) is 38.3 Å². The van der Waals surface area contributed by atoms with Crippen molar-refractivity contribution in [2.24, 2.45) is 0 Å². The molecular weight excluding hydrogens is 454 g/mol. The topological polar surface area (TPSA) is 58.6 Å². The number of nitrogens with zero attached hydrogens (tertiary/aromatic N) is 4. The molecule has 0 bridgehead atoms. The SMILES string of the molecule is CN(CCCNc1cc(-c2ccccc2Cl)nc2c(Br)cnn12)Cc1ccco1. The van der Waals surface area contributed by atoms with Crippen molar-refractivity contribution in [2.75, 3.05) is 25.5 Å². The second-order valence-electron chi connectivity index (χ2n) is 6.83. The van der Waals surface area contributed by atoms with Crippen molar-refractivity contribution in [2.45, 2.75) is 13.0 Å². The fourth-order valence-electron chi connectivity index (χ4n) is 3.18.